The van der Waals surface area contributed by atoms with Crippen LogP contribution in [0.3, 0.4) is 0 Å². The second-order valence-electron chi connectivity index (χ2n) is 4.12. The summed E-state index contributed by atoms with van der Waals surface area (Å²) in [4.78, 5) is 27.1. The largest absolute Gasteiger partial charge is 0.296 e. The Morgan fingerprint density at radius 3 is 2.89 bits per heavy atom. The van der Waals surface area contributed by atoms with E-state index in [-0.39, 0.29) is 11.3 Å². The van der Waals surface area contributed by atoms with E-state index in [1.165, 1.54) is 17.4 Å². The molecule has 96 valence electrons. The van der Waals surface area contributed by atoms with Crippen molar-refractivity contribution in [2.75, 3.05) is 5.32 Å². The number of carbonyl (C=O) groups is 1. The molecular weight excluding hydrogens is 264 g/mol. The molecule has 3 N–H and O–H groups in total. The van der Waals surface area contributed by atoms with Crippen molar-refractivity contribution in [3.8, 4) is 0 Å². The molecule has 2 heterocycles. The van der Waals surface area contributed by atoms with Gasteiger partial charge >= 0.3 is 0 Å². The lowest BCUT2D eigenvalue weighted by Gasteiger charge is -1.96. The van der Waals surface area contributed by atoms with Crippen LogP contribution in [0.2, 0.25) is 0 Å². The van der Waals surface area contributed by atoms with Crippen LogP contribution in [0.15, 0.2) is 29.1 Å². The van der Waals surface area contributed by atoms with Gasteiger partial charge in [-0.2, -0.15) is 0 Å². The summed E-state index contributed by atoms with van der Waals surface area (Å²) in [5, 5.41) is 7.97. The molecule has 6 nitrogen and oxygen atoms in total. The molecule has 2 aromatic heterocycles. The highest BCUT2D eigenvalue weighted by Crippen LogP contribution is 2.26. The summed E-state index contributed by atoms with van der Waals surface area (Å²) >= 11 is 1.40. The molecule has 1 aromatic carbocycles. The number of aromatic nitrogens is 3. The van der Waals surface area contributed by atoms with E-state index in [1.807, 2.05) is 25.1 Å². The number of carbonyl (C=O) groups excluding carboxylic acids is 1. The summed E-state index contributed by atoms with van der Waals surface area (Å²) in [6.07, 6.45) is 0. The monoisotopic (exact) mass is 274 g/mol. The van der Waals surface area contributed by atoms with Crippen LogP contribution < -0.4 is 10.9 Å². The molecule has 0 fully saturated rings. The number of hydrogen-bond donors (Lipinski definition) is 3. The smallest absolute Gasteiger partial charge is 0.275 e. The van der Waals surface area contributed by atoms with Crippen LogP contribution in [0.1, 0.15) is 16.1 Å². The van der Waals surface area contributed by atoms with Gasteiger partial charge in [0, 0.05) is 6.07 Å². The summed E-state index contributed by atoms with van der Waals surface area (Å²) in [6.45, 7) is 2.00. The van der Waals surface area contributed by atoms with Crippen molar-refractivity contribution in [3.63, 3.8) is 0 Å². The molecule has 0 atom stereocenters. The number of fused-ring (bicyclic) bond motifs is 1. The van der Waals surface area contributed by atoms with Crippen LogP contribution in [0.4, 0.5) is 5.13 Å². The number of benzene rings is 1. The minimum atomic E-state index is -0.394. The van der Waals surface area contributed by atoms with Crippen molar-refractivity contribution >= 4 is 32.6 Å². The Morgan fingerprint density at radius 2 is 2.16 bits per heavy atom. The Morgan fingerprint density at radius 1 is 1.32 bits per heavy atom. The van der Waals surface area contributed by atoms with Gasteiger partial charge < -0.3 is 0 Å². The van der Waals surface area contributed by atoms with Crippen molar-refractivity contribution in [2.45, 2.75) is 6.92 Å². The molecule has 0 aliphatic carbocycles. The van der Waals surface area contributed by atoms with Crippen molar-refractivity contribution in [1.29, 1.82) is 0 Å². The van der Waals surface area contributed by atoms with Gasteiger partial charge in [-0.15, -0.1) is 0 Å². The second kappa shape index (κ2) is 4.36. The van der Waals surface area contributed by atoms with E-state index in [0.717, 1.165) is 15.8 Å². The predicted molar refractivity (Wildman–Crippen MR) is 73.7 cm³/mol. The molecule has 0 spiro atoms. The highest BCUT2D eigenvalue weighted by atomic mass is 32.1. The molecule has 0 radical (unpaired) electrons. The lowest BCUT2D eigenvalue weighted by molar-refractivity contribution is 0.102. The van der Waals surface area contributed by atoms with Gasteiger partial charge in [-0.05, 0) is 24.6 Å². The lowest BCUT2D eigenvalue weighted by atomic mass is 10.2. The molecule has 0 saturated heterocycles. The van der Waals surface area contributed by atoms with Gasteiger partial charge in [0.05, 0.1) is 10.2 Å². The molecule has 7 heteroatoms. The molecule has 3 aromatic rings. The van der Waals surface area contributed by atoms with Crippen LogP contribution in [0.25, 0.3) is 10.2 Å². The highest BCUT2D eigenvalue weighted by molar-refractivity contribution is 7.22. The van der Waals surface area contributed by atoms with Gasteiger partial charge in [0.2, 0.25) is 0 Å². The predicted octanol–water partition coefficient (Wildman–Crippen LogP) is 1.87. The Labute approximate surface area is 111 Å². The topological polar surface area (TPSA) is 90.6 Å². The number of amides is 1. The fraction of sp³-hybridized carbons (Fsp3) is 0.0833. The first kappa shape index (κ1) is 11.7. The maximum Gasteiger partial charge on any atom is 0.275 e. The van der Waals surface area contributed by atoms with E-state index in [0.29, 0.717) is 5.13 Å². The van der Waals surface area contributed by atoms with Crippen LogP contribution in [-0.4, -0.2) is 21.1 Å². The number of nitrogens with one attached hydrogen (secondary N) is 3. The summed E-state index contributed by atoms with van der Waals surface area (Å²) < 4.78 is 1.01. The Hall–Kier alpha value is -2.41. The van der Waals surface area contributed by atoms with E-state index in [9.17, 15) is 9.59 Å². The number of rotatable bonds is 2. The standard InChI is InChI=1S/C12H10N4O2S/c1-6-2-3-7-9(4-6)19-12(13-7)14-11(18)8-5-10(17)16-15-8/h2-5H,1H3,(H,13,14,18)(H2,15,16,17). The quantitative estimate of drug-likeness (QED) is 0.666. The van der Waals surface area contributed by atoms with Crippen molar-refractivity contribution in [2.24, 2.45) is 0 Å². The Balaban J connectivity index is 1.89. The third-order valence-electron chi connectivity index (χ3n) is 2.60. The summed E-state index contributed by atoms with van der Waals surface area (Å²) in [5.74, 6) is -0.394. The highest BCUT2D eigenvalue weighted by Gasteiger charge is 2.11. The number of hydrogen-bond acceptors (Lipinski definition) is 4. The molecule has 3 rings (SSSR count). The molecule has 1 amide bonds. The maximum atomic E-state index is 11.8. The zero-order valence-corrected chi connectivity index (χ0v) is 10.8. The summed E-state index contributed by atoms with van der Waals surface area (Å²) in [5.41, 5.74) is 1.82. The fourth-order valence-corrected chi connectivity index (χ4v) is 2.66. The van der Waals surface area contributed by atoms with Crippen molar-refractivity contribution in [3.05, 3.63) is 45.9 Å². The van der Waals surface area contributed by atoms with Crippen molar-refractivity contribution < 1.29 is 4.79 Å². The van der Waals surface area contributed by atoms with Gasteiger partial charge in [-0.25, -0.2) is 4.98 Å². The van der Waals surface area contributed by atoms with E-state index in [1.54, 1.807) is 0 Å². The molecular formula is C12H10N4O2S. The Kier molecular flexibility index (Phi) is 2.68. The van der Waals surface area contributed by atoms with E-state index in [4.69, 9.17) is 0 Å². The van der Waals surface area contributed by atoms with Crippen molar-refractivity contribution in [1.82, 2.24) is 15.2 Å². The normalized spacial score (nSPS) is 10.8. The first-order chi connectivity index (χ1) is 9.11. The van der Waals surface area contributed by atoms with Crippen LogP contribution >= 0.6 is 11.3 Å². The first-order valence-corrected chi connectivity index (χ1v) is 6.40. The van der Waals surface area contributed by atoms with Gasteiger partial charge in [-0.1, -0.05) is 17.4 Å². The molecule has 0 aliphatic heterocycles. The SMILES string of the molecule is Cc1ccc2nc(NC(=O)c3cc(=O)[nH][nH]3)sc2c1. The fourth-order valence-electron chi connectivity index (χ4n) is 1.70. The van der Waals surface area contributed by atoms with E-state index in [2.05, 4.69) is 20.5 Å². The van der Waals surface area contributed by atoms with Crippen LogP contribution in [0.5, 0.6) is 0 Å². The number of thiazole rings is 1. The molecule has 0 aliphatic rings. The molecule has 19 heavy (non-hydrogen) atoms. The third-order valence-corrected chi connectivity index (χ3v) is 3.54. The first-order valence-electron chi connectivity index (χ1n) is 5.58. The van der Waals surface area contributed by atoms with E-state index >= 15 is 0 Å². The minimum Gasteiger partial charge on any atom is -0.296 e. The molecule has 0 unspecified atom stereocenters. The third kappa shape index (κ3) is 2.27. The zero-order valence-electron chi connectivity index (χ0n) is 9.98. The van der Waals surface area contributed by atoms with Gasteiger partial charge in [0.15, 0.2) is 5.13 Å². The number of nitrogens with zero attached hydrogens (tertiary/aromatic N) is 1. The second-order valence-corrected chi connectivity index (χ2v) is 5.15. The maximum absolute atomic E-state index is 11.8. The van der Waals surface area contributed by atoms with E-state index < -0.39 is 5.91 Å². The number of anilines is 1. The summed E-state index contributed by atoms with van der Waals surface area (Å²) in [6, 6.07) is 7.10. The zero-order chi connectivity index (χ0) is 13.4. The Bertz CT molecular complexity index is 814. The average molecular weight is 274 g/mol. The lowest BCUT2D eigenvalue weighted by Crippen LogP contribution is -2.12. The van der Waals surface area contributed by atoms with Gasteiger partial charge in [-0.3, -0.25) is 25.1 Å². The number of H-pyrrole nitrogens is 2. The molecule has 0 saturated carbocycles. The van der Waals surface area contributed by atoms with Gasteiger partial charge in [0.1, 0.15) is 5.69 Å². The summed E-state index contributed by atoms with van der Waals surface area (Å²) in [7, 11) is 0. The number of aromatic amines is 2. The van der Waals surface area contributed by atoms with Gasteiger partial charge in [0.25, 0.3) is 11.5 Å². The number of aryl methyl sites for hydroxylation is 1. The van der Waals surface area contributed by atoms with Crippen LogP contribution in [0, 0.1) is 6.92 Å². The van der Waals surface area contributed by atoms with Crippen LogP contribution in [-0.2, 0) is 0 Å². The average Bonchev–Trinajstić information content (AvgIpc) is 2.94. The minimum absolute atomic E-state index is 0.181. The molecule has 0 bridgehead atoms.